The van der Waals surface area contributed by atoms with Crippen LogP contribution in [0, 0.1) is 19.8 Å². The van der Waals surface area contributed by atoms with Gasteiger partial charge in [0.1, 0.15) is 6.29 Å². The Labute approximate surface area is 93.3 Å². The van der Waals surface area contributed by atoms with Crippen LogP contribution >= 0.6 is 11.3 Å². The molecule has 1 aromatic rings. The molecule has 1 unspecified atom stereocenters. The first kappa shape index (κ1) is 10.6. The summed E-state index contributed by atoms with van der Waals surface area (Å²) in [7, 11) is 0. The summed E-state index contributed by atoms with van der Waals surface area (Å²) in [5.74, 6) is -0.363. The lowest BCUT2D eigenvalue weighted by Gasteiger charge is -2.04. The Kier molecular flexibility index (Phi) is 2.74. The molecule has 0 bridgehead atoms. The first-order chi connectivity index (χ1) is 7.15. The highest BCUT2D eigenvalue weighted by molar-refractivity contribution is 7.12. The van der Waals surface area contributed by atoms with Gasteiger partial charge in [0.05, 0.1) is 5.92 Å². The van der Waals surface area contributed by atoms with E-state index >= 15 is 0 Å². The van der Waals surface area contributed by atoms with Crippen molar-refractivity contribution in [2.24, 2.45) is 5.92 Å². The smallest absolute Gasteiger partial charge is 0.174 e. The molecular weight excluding hydrogens is 208 g/mol. The summed E-state index contributed by atoms with van der Waals surface area (Å²) in [4.78, 5) is 25.2. The lowest BCUT2D eigenvalue weighted by molar-refractivity contribution is -0.110. The highest BCUT2D eigenvalue weighted by Gasteiger charge is 2.28. The molecule has 1 aromatic heterocycles. The summed E-state index contributed by atoms with van der Waals surface area (Å²) < 4.78 is 0. The highest BCUT2D eigenvalue weighted by Crippen LogP contribution is 2.33. The van der Waals surface area contributed by atoms with E-state index in [0.717, 1.165) is 29.6 Å². The Morgan fingerprint density at radius 3 is 2.73 bits per heavy atom. The maximum absolute atomic E-state index is 12.1. The molecule has 1 atom stereocenters. The van der Waals surface area contributed by atoms with Gasteiger partial charge in [-0.1, -0.05) is 0 Å². The predicted molar refractivity (Wildman–Crippen MR) is 60.6 cm³/mol. The zero-order valence-electron chi connectivity index (χ0n) is 9.00. The molecule has 0 N–H and O–H groups in total. The molecule has 1 heterocycles. The van der Waals surface area contributed by atoms with Crippen molar-refractivity contribution >= 4 is 23.4 Å². The number of rotatable bonds is 1. The summed E-state index contributed by atoms with van der Waals surface area (Å²) in [6, 6.07) is 0. The van der Waals surface area contributed by atoms with E-state index in [4.69, 9.17) is 0 Å². The lowest BCUT2D eigenvalue weighted by Crippen LogP contribution is -2.15. The van der Waals surface area contributed by atoms with Gasteiger partial charge in [0.2, 0.25) is 0 Å². The van der Waals surface area contributed by atoms with Crippen molar-refractivity contribution < 1.29 is 9.59 Å². The van der Waals surface area contributed by atoms with Gasteiger partial charge in [-0.3, -0.25) is 4.79 Å². The molecule has 0 aliphatic heterocycles. The average Bonchev–Trinajstić information content (AvgIpc) is 2.39. The van der Waals surface area contributed by atoms with Gasteiger partial charge in [-0.25, -0.2) is 0 Å². The third kappa shape index (κ3) is 1.65. The van der Waals surface area contributed by atoms with E-state index < -0.39 is 5.92 Å². The zero-order valence-corrected chi connectivity index (χ0v) is 9.82. The van der Waals surface area contributed by atoms with Crippen LogP contribution in [-0.4, -0.2) is 12.1 Å². The van der Waals surface area contributed by atoms with E-state index in [1.165, 1.54) is 10.4 Å². The summed E-state index contributed by atoms with van der Waals surface area (Å²) in [5, 5.41) is 0. The monoisotopic (exact) mass is 222 g/mol. The van der Waals surface area contributed by atoms with E-state index in [1.54, 1.807) is 11.3 Å². The third-order valence-electron chi connectivity index (χ3n) is 3.07. The van der Waals surface area contributed by atoms with Gasteiger partial charge in [-0.2, -0.15) is 0 Å². The van der Waals surface area contributed by atoms with Gasteiger partial charge in [-0.15, -0.1) is 11.3 Å². The first-order valence-corrected chi connectivity index (χ1v) is 6.05. The molecule has 1 aliphatic rings. The van der Waals surface area contributed by atoms with Crippen LogP contribution in [0.2, 0.25) is 0 Å². The van der Waals surface area contributed by atoms with Gasteiger partial charge in [0.15, 0.2) is 5.78 Å². The number of carbonyl (C=O) groups excluding carboxylic acids is 2. The maximum Gasteiger partial charge on any atom is 0.174 e. The molecule has 80 valence electrons. The standard InChI is InChI=1S/C12H14O2S/c1-7-10-5-3-4-9(6-13)12(14)11(10)8(2)15-7/h6,9H,3-5H2,1-2H3. The van der Waals surface area contributed by atoms with Gasteiger partial charge >= 0.3 is 0 Å². The van der Waals surface area contributed by atoms with Crippen molar-refractivity contribution in [3.05, 3.63) is 20.9 Å². The second-order valence-corrected chi connectivity index (χ2v) is 5.50. The molecule has 0 aromatic carbocycles. The normalized spacial score (nSPS) is 20.9. The van der Waals surface area contributed by atoms with Crippen LogP contribution in [0.4, 0.5) is 0 Å². The number of thiophene rings is 1. The summed E-state index contributed by atoms with van der Waals surface area (Å²) in [5.41, 5.74) is 2.03. The molecule has 0 saturated carbocycles. The molecule has 15 heavy (non-hydrogen) atoms. The Morgan fingerprint density at radius 2 is 2.07 bits per heavy atom. The molecule has 0 saturated heterocycles. The van der Waals surface area contributed by atoms with Crippen molar-refractivity contribution in [1.82, 2.24) is 0 Å². The number of hydrogen-bond donors (Lipinski definition) is 0. The third-order valence-corrected chi connectivity index (χ3v) is 4.14. The largest absolute Gasteiger partial charge is 0.303 e. The van der Waals surface area contributed by atoms with Crippen LogP contribution in [0.15, 0.2) is 0 Å². The second-order valence-electron chi connectivity index (χ2n) is 4.07. The minimum absolute atomic E-state index is 0.0411. The van der Waals surface area contributed by atoms with Crippen molar-refractivity contribution in [2.75, 3.05) is 0 Å². The average molecular weight is 222 g/mol. The van der Waals surface area contributed by atoms with Crippen LogP contribution in [0.3, 0.4) is 0 Å². The number of hydrogen-bond acceptors (Lipinski definition) is 3. The van der Waals surface area contributed by atoms with Gasteiger partial charge in [-0.05, 0) is 38.7 Å². The molecule has 2 nitrogen and oxygen atoms in total. The Bertz CT molecular complexity index is 418. The van der Waals surface area contributed by atoms with Gasteiger partial charge in [0, 0.05) is 15.3 Å². The van der Waals surface area contributed by atoms with Crippen LogP contribution in [0.5, 0.6) is 0 Å². The maximum atomic E-state index is 12.1. The summed E-state index contributed by atoms with van der Waals surface area (Å²) >= 11 is 1.67. The molecule has 0 radical (unpaired) electrons. The van der Waals surface area contributed by atoms with Crippen LogP contribution < -0.4 is 0 Å². The second kappa shape index (κ2) is 3.89. The minimum Gasteiger partial charge on any atom is -0.303 e. The number of ketones is 1. The van der Waals surface area contributed by atoms with Crippen LogP contribution in [0.1, 0.15) is 38.5 Å². The fourth-order valence-electron chi connectivity index (χ4n) is 2.30. The molecule has 0 spiro atoms. The SMILES string of the molecule is Cc1sc(C)c2c1CCCC(C=O)C2=O. The zero-order chi connectivity index (χ0) is 11.0. The summed E-state index contributed by atoms with van der Waals surface area (Å²) in [6.45, 7) is 4.03. The Morgan fingerprint density at radius 1 is 1.33 bits per heavy atom. The van der Waals surface area contributed by atoms with Crippen molar-refractivity contribution in [1.29, 1.82) is 0 Å². The molecule has 0 amide bonds. The Hall–Kier alpha value is -0.960. The fourth-order valence-corrected chi connectivity index (χ4v) is 3.41. The predicted octanol–water partition coefficient (Wildman–Crippen LogP) is 2.70. The number of Topliss-reactive ketones (excluding diaryl/α,β-unsaturated/α-hetero) is 1. The quantitative estimate of drug-likeness (QED) is 0.416. The fraction of sp³-hybridized carbons (Fsp3) is 0.500. The molecule has 1 aliphatic carbocycles. The topological polar surface area (TPSA) is 34.1 Å². The molecule has 0 fully saturated rings. The molecular formula is C12H14O2S. The number of aryl methyl sites for hydroxylation is 2. The van der Waals surface area contributed by atoms with E-state index in [-0.39, 0.29) is 5.78 Å². The van der Waals surface area contributed by atoms with E-state index in [9.17, 15) is 9.59 Å². The van der Waals surface area contributed by atoms with Crippen molar-refractivity contribution in [2.45, 2.75) is 33.1 Å². The lowest BCUT2D eigenvalue weighted by atomic mass is 9.97. The molecule has 2 rings (SSSR count). The van der Waals surface area contributed by atoms with Crippen molar-refractivity contribution in [3.63, 3.8) is 0 Å². The highest BCUT2D eigenvalue weighted by atomic mass is 32.1. The molecule has 3 heteroatoms. The van der Waals surface area contributed by atoms with Gasteiger partial charge in [0.25, 0.3) is 0 Å². The number of carbonyl (C=O) groups is 2. The van der Waals surface area contributed by atoms with E-state index in [2.05, 4.69) is 6.92 Å². The van der Waals surface area contributed by atoms with E-state index in [1.807, 2.05) is 6.92 Å². The number of fused-ring (bicyclic) bond motifs is 1. The summed E-state index contributed by atoms with van der Waals surface area (Å²) in [6.07, 6.45) is 3.41. The minimum atomic E-state index is -0.404. The number of aldehydes is 1. The van der Waals surface area contributed by atoms with Crippen LogP contribution in [-0.2, 0) is 11.2 Å². The van der Waals surface area contributed by atoms with Gasteiger partial charge < -0.3 is 4.79 Å². The van der Waals surface area contributed by atoms with E-state index in [0.29, 0.717) is 6.42 Å². The van der Waals surface area contributed by atoms with Crippen molar-refractivity contribution in [3.8, 4) is 0 Å². The Balaban J connectivity index is 2.54. The first-order valence-electron chi connectivity index (χ1n) is 5.23. The van der Waals surface area contributed by atoms with Crippen LogP contribution in [0.25, 0.3) is 0 Å².